The largest absolute Gasteiger partial charge is 0.354 e. The van der Waals surface area contributed by atoms with Crippen LogP contribution in [0.5, 0.6) is 0 Å². The van der Waals surface area contributed by atoms with E-state index in [1.54, 1.807) is 11.3 Å². The number of rotatable bonds is 4. The van der Waals surface area contributed by atoms with Crippen LogP contribution in [0, 0.1) is 6.92 Å². The summed E-state index contributed by atoms with van der Waals surface area (Å²) in [6.07, 6.45) is 1.86. The van der Waals surface area contributed by atoms with Crippen molar-refractivity contribution >= 4 is 33.1 Å². The van der Waals surface area contributed by atoms with Gasteiger partial charge in [0.25, 0.3) is 0 Å². The SMILES string of the molecule is Cc1ccc(-c2nc(CN3CCN(c4ccc(Br)cn4)CC3)cs2)cc1. The van der Waals surface area contributed by atoms with Crippen molar-refractivity contribution in [1.82, 2.24) is 14.9 Å². The first kappa shape index (κ1) is 17.6. The van der Waals surface area contributed by atoms with E-state index in [9.17, 15) is 0 Å². The Labute approximate surface area is 166 Å². The molecular weight excluding hydrogens is 408 g/mol. The van der Waals surface area contributed by atoms with Crippen molar-refractivity contribution in [2.24, 2.45) is 0 Å². The molecule has 134 valence electrons. The number of anilines is 1. The summed E-state index contributed by atoms with van der Waals surface area (Å²) in [6, 6.07) is 12.7. The van der Waals surface area contributed by atoms with Gasteiger partial charge < -0.3 is 4.90 Å². The van der Waals surface area contributed by atoms with E-state index in [0.717, 1.165) is 48.0 Å². The Bertz CT molecular complexity index is 852. The molecule has 4 rings (SSSR count). The van der Waals surface area contributed by atoms with Crippen molar-refractivity contribution in [3.63, 3.8) is 0 Å². The van der Waals surface area contributed by atoms with Crippen LogP contribution >= 0.6 is 27.3 Å². The third kappa shape index (κ3) is 4.14. The molecule has 26 heavy (non-hydrogen) atoms. The van der Waals surface area contributed by atoms with Crippen molar-refractivity contribution in [1.29, 1.82) is 0 Å². The maximum Gasteiger partial charge on any atom is 0.128 e. The number of nitrogens with zero attached hydrogens (tertiary/aromatic N) is 4. The van der Waals surface area contributed by atoms with Crippen LogP contribution in [-0.2, 0) is 6.54 Å². The molecule has 1 aliphatic rings. The van der Waals surface area contributed by atoms with Gasteiger partial charge in [-0.15, -0.1) is 11.3 Å². The first-order valence-electron chi connectivity index (χ1n) is 8.78. The molecule has 0 radical (unpaired) electrons. The lowest BCUT2D eigenvalue weighted by Crippen LogP contribution is -2.46. The fourth-order valence-corrected chi connectivity index (χ4v) is 4.18. The zero-order chi connectivity index (χ0) is 17.9. The van der Waals surface area contributed by atoms with Gasteiger partial charge in [0.2, 0.25) is 0 Å². The molecule has 3 aromatic rings. The van der Waals surface area contributed by atoms with Gasteiger partial charge in [0.05, 0.1) is 5.69 Å². The highest BCUT2D eigenvalue weighted by atomic mass is 79.9. The summed E-state index contributed by atoms with van der Waals surface area (Å²) < 4.78 is 1.02. The summed E-state index contributed by atoms with van der Waals surface area (Å²) in [6.45, 7) is 7.11. The minimum atomic E-state index is 0.921. The number of halogens is 1. The summed E-state index contributed by atoms with van der Waals surface area (Å²) in [5.41, 5.74) is 3.66. The summed E-state index contributed by atoms with van der Waals surface area (Å²) in [5, 5.41) is 3.30. The Morgan fingerprint density at radius 2 is 1.81 bits per heavy atom. The van der Waals surface area contributed by atoms with Gasteiger partial charge in [-0.1, -0.05) is 29.8 Å². The van der Waals surface area contributed by atoms with E-state index in [1.807, 2.05) is 6.20 Å². The first-order chi connectivity index (χ1) is 12.7. The third-order valence-electron chi connectivity index (χ3n) is 4.64. The maximum absolute atomic E-state index is 4.84. The maximum atomic E-state index is 4.84. The minimum absolute atomic E-state index is 0.921. The van der Waals surface area contributed by atoms with Crippen LogP contribution in [0.1, 0.15) is 11.3 Å². The predicted molar refractivity (Wildman–Crippen MR) is 112 cm³/mol. The van der Waals surface area contributed by atoms with Crippen molar-refractivity contribution in [2.75, 3.05) is 31.1 Å². The molecule has 0 N–H and O–H groups in total. The predicted octanol–water partition coefficient (Wildman–Crippen LogP) is 4.60. The number of aryl methyl sites for hydroxylation is 1. The lowest BCUT2D eigenvalue weighted by atomic mass is 10.2. The van der Waals surface area contributed by atoms with Crippen molar-refractivity contribution in [2.45, 2.75) is 13.5 Å². The fraction of sp³-hybridized carbons (Fsp3) is 0.300. The van der Waals surface area contributed by atoms with Gasteiger partial charge in [-0.05, 0) is 35.0 Å². The zero-order valence-corrected chi connectivity index (χ0v) is 17.1. The number of thiazole rings is 1. The molecule has 4 nitrogen and oxygen atoms in total. The molecule has 3 heterocycles. The highest BCUT2D eigenvalue weighted by Crippen LogP contribution is 2.25. The molecule has 2 aromatic heterocycles. The Hall–Kier alpha value is -1.76. The molecule has 0 saturated carbocycles. The average molecular weight is 429 g/mol. The van der Waals surface area contributed by atoms with Crippen LogP contribution in [0.2, 0.25) is 0 Å². The Balaban J connectivity index is 1.34. The van der Waals surface area contributed by atoms with Gasteiger partial charge >= 0.3 is 0 Å². The van der Waals surface area contributed by atoms with Crippen LogP contribution in [0.25, 0.3) is 10.6 Å². The number of hydrogen-bond donors (Lipinski definition) is 0. The summed E-state index contributed by atoms with van der Waals surface area (Å²) in [7, 11) is 0. The second-order valence-corrected chi connectivity index (χ2v) is 8.38. The van der Waals surface area contributed by atoms with Crippen molar-refractivity contribution < 1.29 is 0 Å². The molecule has 1 aliphatic heterocycles. The molecule has 1 saturated heterocycles. The smallest absolute Gasteiger partial charge is 0.128 e. The van der Waals surface area contributed by atoms with E-state index in [-0.39, 0.29) is 0 Å². The van der Waals surface area contributed by atoms with Crippen molar-refractivity contribution in [3.05, 3.63) is 63.7 Å². The lowest BCUT2D eigenvalue weighted by molar-refractivity contribution is 0.247. The van der Waals surface area contributed by atoms with Gasteiger partial charge in [0, 0.05) is 54.3 Å². The second-order valence-electron chi connectivity index (χ2n) is 6.61. The fourth-order valence-electron chi connectivity index (χ4n) is 3.13. The Morgan fingerprint density at radius 3 is 2.50 bits per heavy atom. The van der Waals surface area contributed by atoms with Gasteiger partial charge in [-0.25, -0.2) is 9.97 Å². The molecule has 0 spiro atoms. The van der Waals surface area contributed by atoms with Crippen LogP contribution in [0.4, 0.5) is 5.82 Å². The van der Waals surface area contributed by atoms with E-state index < -0.39 is 0 Å². The number of pyridine rings is 1. The Morgan fingerprint density at radius 1 is 1.04 bits per heavy atom. The van der Waals surface area contributed by atoms with Crippen LogP contribution < -0.4 is 4.90 Å². The number of benzene rings is 1. The molecule has 1 fully saturated rings. The van der Waals surface area contributed by atoms with E-state index >= 15 is 0 Å². The summed E-state index contributed by atoms with van der Waals surface area (Å²) in [5.74, 6) is 1.06. The monoisotopic (exact) mass is 428 g/mol. The Kier molecular flexibility index (Phi) is 5.33. The standard InChI is InChI=1S/C20H21BrN4S/c1-15-2-4-16(5-3-15)20-23-18(14-26-20)13-24-8-10-25(11-9-24)19-7-6-17(21)12-22-19/h2-7,12,14H,8-11,13H2,1H3. The summed E-state index contributed by atoms with van der Waals surface area (Å²) in [4.78, 5) is 14.2. The van der Waals surface area contributed by atoms with E-state index in [1.165, 1.54) is 16.8 Å². The topological polar surface area (TPSA) is 32.3 Å². The van der Waals surface area contributed by atoms with Gasteiger partial charge in [-0.2, -0.15) is 0 Å². The molecule has 0 aliphatic carbocycles. The van der Waals surface area contributed by atoms with Gasteiger partial charge in [0.15, 0.2) is 0 Å². The van der Waals surface area contributed by atoms with E-state index in [4.69, 9.17) is 4.98 Å². The molecule has 0 atom stereocenters. The zero-order valence-electron chi connectivity index (χ0n) is 14.7. The quantitative estimate of drug-likeness (QED) is 0.607. The van der Waals surface area contributed by atoms with Gasteiger partial charge in [-0.3, -0.25) is 4.90 Å². The first-order valence-corrected chi connectivity index (χ1v) is 10.4. The van der Waals surface area contributed by atoms with Gasteiger partial charge in [0.1, 0.15) is 10.8 Å². The molecule has 6 heteroatoms. The number of hydrogen-bond acceptors (Lipinski definition) is 5. The lowest BCUT2D eigenvalue weighted by Gasteiger charge is -2.35. The van der Waals surface area contributed by atoms with Crippen LogP contribution in [-0.4, -0.2) is 41.0 Å². The second kappa shape index (κ2) is 7.86. The van der Waals surface area contributed by atoms with E-state index in [2.05, 4.69) is 79.4 Å². The van der Waals surface area contributed by atoms with Crippen LogP contribution in [0.15, 0.2) is 52.4 Å². The normalized spacial score (nSPS) is 15.4. The van der Waals surface area contributed by atoms with Crippen LogP contribution in [0.3, 0.4) is 0 Å². The molecule has 0 amide bonds. The highest BCUT2D eigenvalue weighted by molar-refractivity contribution is 9.10. The molecule has 1 aromatic carbocycles. The molecular formula is C20H21BrN4S. The summed E-state index contributed by atoms with van der Waals surface area (Å²) >= 11 is 5.18. The number of piperazine rings is 1. The minimum Gasteiger partial charge on any atom is -0.354 e. The molecule has 0 bridgehead atoms. The highest BCUT2D eigenvalue weighted by Gasteiger charge is 2.19. The third-order valence-corrected chi connectivity index (χ3v) is 6.05. The molecule has 0 unspecified atom stereocenters. The van der Waals surface area contributed by atoms with E-state index in [0.29, 0.717) is 0 Å². The number of aromatic nitrogens is 2. The average Bonchev–Trinajstić information content (AvgIpc) is 3.12. The van der Waals surface area contributed by atoms with Crippen molar-refractivity contribution in [3.8, 4) is 10.6 Å².